The molecule has 0 rings (SSSR count). The molecule has 0 fully saturated rings. The lowest BCUT2D eigenvalue weighted by molar-refractivity contribution is 1.13. The van der Waals surface area contributed by atoms with Gasteiger partial charge in [-0.3, -0.25) is 4.99 Å². The monoisotopic (exact) mass is 96.1 g/mol. The number of nitrogens with zero attached hydrogens (tertiary/aromatic N) is 2. The van der Waals surface area contributed by atoms with Gasteiger partial charge in [-0.2, -0.15) is 5.26 Å². The van der Waals surface area contributed by atoms with E-state index >= 15 is 0 Å². The third kappa shape index (κ3) is 5.16. The molecule has 0 heterocycles. The van der Waals surface area contributed by atoms with Gasteiger partial charge in [0.1, 0.15) is 0 Å². The van der Waals surface area contributed by atoms with E-state index in [1.165, 1.54) is 0 Å². The molecule has 0 aromatic rings. The Hall–Kier alpha value is -0.840. The standard InChI is InChI=1S/C5H8N2/c1-2-7-5-3-4-6/h5H,2-3H2,1H3/b7-5+. The molecular formula is C5H8N2. The molecule has 0 aliphatic carbocycles. The van der Waals surface area contributed by atoms with Crippen molar-refractivity contribution in [1.29, 1.82) is 5.26 Å². The molecule has 0 saturated carbocycles. The van der Waals surface area contributed by atoms with Crippen molar-refractivity contribution in [2.45, 2.75) is 13.3 Å². The first-order chi connectivity index (χ1) is 3.41. The Morgan fingerprint density at radius 3 is 3.00 bits per heavy atom. The van der Waals surface area contributed by atoms with Crippen molar-refractivity contribution >= 4 is 6.21 Å². The zero-order valence-electron chi connectivity index (χ0n) is 4.39. The quantitative estimate of drug-likeness (QED) is 0.472. The molecule has 38 valence electrons. The van der Waals surface area contributed by atoms with Gasteiger partial charge in [0.25, 0.3) is 0 Å². The van der Waals surface area contributed by atoms with Crippen LogP contribution >= 0.6 is 0 Å². The number of rotatable bonds is 2. The zero-order chi connectivity index (χ0) is 5.54. The van der Waals surface area contributed by atoms with Crippen molar-refractivity contribution in [2.75, 3.05) is 6.54 Å². The topological polar surface area (TPSA) is 36.1 Å². The second kappa shape index (κ2) is 5.16. The molecule has 0 aromatic heterocycles. The molecule has 0 aromatic carbocycles. The molecule has 2 nitrogen and oxygen atoms in total. The van der Waals surface area contributed by atoms with Crippen LogP contribution in [0.2, 0.25) is 0 Å². The van der Waals surface area contributed by atoms with E-state index in [4.69, 9.17) is 5.26 Å². The summed E-state index contributed by atoms with van der Waals surface area (Å²) in [6.07, 6.45) is 2.06. The number of aliphatic imine (C=N–C) groups is 1. The molecule has 0 saturated heterocycles. The first kappa shape index (κ1) is 6.16. The Kier molecular flexibility index (Phi) is 4.54. The largest absolute Gasteiger partial charge is 0.297 e. The summed E-state index contributed by atoms with van der Waals surface area (Å²) >= 11 is 0. The maximum Gasteiger partial charge on any atom is 0.0700 e. The molecule has 0 amide bonds. The van der Waals surface area contributed by atoms with Gasteiger partial charge in [0, 0.05) is 12.8 Å². The van der Waals surface area contributed by atoms with E-state index in [2.05, 4.69) is 4.99 Å². The minimum Gasteiger partial charge on any atom is -0.297 e. The molecule has 0 aliphatic heterocycles. The van der Waals surface area contributed by atoms with E-state index in [1.54, 1.807) is 6.21 Å². The highest BCUT2D eigenvalue weighted by molar-refractivity contribution is 5.59. The van der Waals surface area contributed by atoms with Crippen LogP contribution in [0.3, 0.4) is 0 Å². The van der Waals surface area contributed by atoms with Crippen LogP contribution in [0.25, 0.3) is 0 Å². The van der Waals surface area contributed by atoms with E-state index in [-0.39, 0.29) is 0 Å². The summed E-state index contributed by atoms with van der Waals surface area (Å²) in [5, 5.41) is 7.95. The van der Waals surface area contributed by atoms with Gasteiger partial charge in [0.2, 0.25) is 0 Å². The smallest absolute Gasteiger partial charge is 0.0700 e. The van der Waals surface area contributed by atoms with Crippen LogP contribution in [-0.4, -0.2) is 12.8 Å². The second-order valence-corrected chi connectivity index (χ2v) is 1.04. The van der Waals surface area contributed by atoms with Crippen molar-refractivity contribution in [2.24, 2.45) is 4.99 Å². The summed E-state index contributed by atoms with van der Waals surface area (Å²) in [7, 11) is 0. The fourth-order valence-corrected chi connectivity index (χ4v) is 0.234. The summed E-state index contributed by atoms with van der Waals surface area (Å²) in [6, 6.07) is 1.95. The van der Waals surface area contributed by atoms with Crippen molar-refractivity contribution < 1.29 is 0 Å². The highest BCUT2D eigenvalue weighted by Gasteiger charge is 1.66. The minimum absolute atomic E-state index is 0.438. The van der Waals surface area contributed by atoms with Gasteiger partial charge in [-0.15, -0.1) is 0 Å². The van der Waals surface area contributed by atoms with Crippen LogP contribution < -0.4 is 0 Å². The lowest BCUT2D eigenvalue weighted by atomic mass is 10.5. The highest BCUT2D eigenvalue weighted by atomic mass is 14.7. The number of hydrogen-bond donors (Lipinski definition) is 0. The fourth-order valence-electron chi connectivity index (χ4n) is 0.234. The van der Waals surface area contributed by atoms with Crippen LogP contribution in [0.5, 0.6) is 0 Å². The first-order valence-corrected chi connectivity index (χ1v) is 2.27. The Balaban J connectivity index is 2.97. The molecule has 0 bridgehead atoms. The van der Waals surface area contributed by atoms with Gasteiger partial charge >= 0.3 is 0 Å². The lowest BCUT2D eigenvalue weighted by Crippen LogP contribution is -1.71. The third-order valence-electron chi connectivity index (χ3n) is 0.494. The van der Waals surface area contributed by atoms with Crippen LogP contribution in [0, 0.1) is 11.3 Å². The van der Waals surface area contributed by atoms with Gasteiger partial charge in [-0.1, -0.05) is 0 Å². The van der Waals surface area contributed by atoms with E-state index in [0.717, 1.165) is 6.54 Å². The normalized spacial score (nSPS) is 9.14. The van der Waals surface area contributed by atoms with Crippen LogP contribution in [0.1, 0.15) is 13.3 Å². The van der Waals surface area contributed by atoms with Crippen molar-refractivity contribution in [3.05, 3.63) is 0 Å². The predicted molar refractivity (Wildman–Crippen MR) is 29.3 cm³/mol. The molecule has 2 heteroatoms. The van der Waals surface area contributed by atoms with Crippen LogP contribution in [-0.2, 0) is 0 Å². The third-order valence-corrected chi connectivity index (χ3v) is 0.494. The maximum atomic E-state index is 7.95. The van der Waals surface area contributed by atoms with E-state index in [0.29, 0.717) is 6.42 Å². The summed E-state index contributed by atoms with van der Waals surface area (Å²) < 4.78 is 0. The van der Waals surface area contributed by atoms with Crippen LogP contribution in [0.15, 0.2) is 4.99 Å². The van der Waals surface area contributed by atoms with E-state index < -0.39 is 0 Å². The molecule has 0 spiro atoms. The molecular weight excluding hydrogens is 88.1 g/mol. The molecule has 0 aliphatic rings. The Morgan fingerprint density at radius 2 is 2.57 bits per heavy atom. The maximum absolute atomic E-state index is 7.95. The van der Waals surface area contributed by atoms with Gasteiger partial charge in [0.05, 0.1) is 12.5 Å². The Morgan fingerprint density at radius 1 is 1.86 bits per heavy atom. The first-order valence-electron chi connectivity index (χ1n) is 2.27. The SMILES string of the molecule is CC/N=C/CC#N. The molecule has 0 atom stereocenters. The molecule has 0 N–H and O–H groups in total. The number of nitriles is 1. The lowest BCUT2D eigenvalue weighted by Gasteiger charge is -1.72. The van der Waals surface area contributed by atoms with Gasteiger partial charge in [-0.25, -0.2) is 0 Å². The summed E-state index contributed by atoms with van der Waals surface area (Å²) in [5.74, 6) is 0. The average Bonchev–Trinajstić information content (AvgIpc) is 1.69. The molecule has 7 heavy (non-hydrogen) atoms. The van der Waals surface area contributed by atoms with E-state index in [1.807, 2.05) is 13.0 Å². The van der Waals surface area contributed by atoms with Crippen molar-refractivity contribution in [3.63, 3.8) is 0 Å². The zero-order valence-corrected chi connectivity index (χ0v) is 4.39. The van der Waals surface area contributed by atoms with Crippen LogP contribution in [0.4, 0.5) is 0 Å². The molecule has 0 radical (unpaired) electrons. The van der Waals surface area contributed by atoms with E-state index in [9.17, 15) is 0 Å². The summed E-state index contributed by atoms with van der Waals surface area (Å²) in [6.45, 7) is 2.72. The summed E-state index contributed by atoms with van der Waals surface area (Å²) in [5.41, 5.74) is 0. The summed E-state index contributed by atoms with van der Waals surface area (Å²) in [4.78, 5) is 3.81. The minimum atomic E-state index is 0.438. The van der Waals surface area contributed by atoms with Crippen molar-refractivity contribution in [1.82, 2.24) is 0 Å². The van der Waals surface area contributed by atoms with Crippen molar-refractivity contribution in [3.8, 4) is 6.07 Å². The van der Waals surface area contributed by atoms with Gasteiger partial charge < -0.3 is 0 Å². The molecule has 0 unspecified atom stereocenters. The Labute approximate surface area is 43.5 Å². The Bertz CT molecular complexity index is 88.7. The average molecular weight is 96.1 g/mol. The van der Waals surface area contributed by atoms with Gasteiger partial charge in [0.15, 0.2) is 0 Å². The fraction of sp³-hybridized carbons (Fsp3) is 0.600. The predicted octanol–water partition coefficient (Wildman–Crippen LogP) is 0.991. The number of hydrogen-bond acceptors (Lipinski definition) is 2. The van der Waals surface area contributed by atoms with Gasteiger partial charge in [-0.05, 0) is 6.92 Å². The highest BCUT2D eigenvalue weighted by Crippen LogP contribution is 1.67. The second-order valence-electron chi connectivity index (χ2n) is 1.04.